The number of hydrogen-bond donors (Lipinski definition) is 0. The highest BCUT2D eigenvalue weighted by Gasteiger charge is 2.22. The predicted molar refractivity (Wildman–Crippen MR) is 105 cm³/mol. The zero-order valence-electron chi connectivity index (χ0n) is 15.5. The largest absolute Gasteiger partial charge is 0.373 e. The van der Waals surface area contributed by atoms with Crippen molar-refractivity contribution in [2.45, 2.75) is 63.6 Å². The summed E-state index contributed by atoms with van der Waals surface area (Å²) in [5.74, 6) is 2.03. The Morgan fingerprint density at radius 2 is 2.04 bits per heavy atom. The summed E-state index contributed by atoms with van der Waals surface area (Å²) in [5, 5.41) is 8.62. The molecule has 0 aromatic carbocycles. The third-order valence-electron chi connectivity index (χ3n) is 5.74. The summed E-state index contributed by atoms with van der Waals surface area (Å²) in [6.45, 7) is 1.59. The van der Waals surface area contributed by atoms with Crippen molar-refractivity contribution in [3.63, 3.8) is 0 Å². The van der Waals surface area contributed by atoms with Crippen LogP contribution >= 0.6 is 11.3 Å². The minimum Gasteiger partial charge on any atom is -0.373 e. The highest BCUT2D eigenvalue weighted by molar-refractivity contribution is 7.15. The SMILES string of the molecule is c1cn(Cc2nncn2C2CCCCC2)c(-c2ccc([C@H]3CCCO3)s2)n1. The zero-order valence-corrected chi connectivity index (χ0v) is 16.3. The number of ether oxygens (including phenoxy) is 1. The summed E-state index contributed by atoms with van der Waals surface area (Å²) in [6.07, 6.45) is 14.8. The van der Waals surface area contributed by atoms with Gasteiger partial charge in [-0.15, -0.1) is 21.5 Å². The van der Waals surface area contributed by atoms with E-state index in [2.05, 4.69) is 36.4 Å². The Balaban J connectivity index is 1.37. The molecule has 0 N–H and O–H groups in total. The van der Waals surface area contributed by atoms with E-state index in [4.69, 9.17) is 4.74 Å². The lowest BCUT2D eigenvalue weighted by atomic mass is 9.95. The number of rotatable bonds is 5. The van der Waals surface area contributed by atoms with Crippen LogP contribution < -0.4 is 0 Å². The molecule has 0 unspecified atom stereocenters. The summed E-state index contributed by atoms with van der Waals surface area (Å²) in [6, 6.07) is 4.91. The second kappa shape index (κ2) is 7.56. The van der Waals surface area contributed by atoms with Gasteiger partial charge in [0, 0.05) is 29.9 Å². The molecule has 2 fully saturated rings. The van der Waals surface area contributed by atoms with Crippen molar-refractivity contribution in [3.8, 4) is 10.7 Å². The smallest absolute Gasteiger partial charge is 0.153 e. The Kier molecular flexibility index (Phi) is 4.80. The molecule has 4 heterocycles. The van der Waals surface area contributed by atoms with Gasteiger partial charge in [-0.2, -0.15) is 0 Å². The van der Waals surface area contributed by atoms with E-state index >= 15 is 0 Å². The van der Waals surface area contributed by atoms with Gasteiger partial charge in [-0.25, -0.2) is 4.98 Å². The first kappa shape index (κ1) is 17.1. The normalized spacial score (nSPS) is 21.1. The Morgan fingerprint density at radius 3 is 2.89 bits per heavy atom. The molecule has 142 valence electrons. The topological polar surface area (TPSA) is 57.8 Å². The van der Waals surface area contributed by atoms with Crippen molar-refractivity contribution < 1.29 is 4.74 Å². The van der Waals surface area contributed by atoms with Crippen LogP contribution in [0.4, 0.5) is 0 Å². The van der Waals surface area contributed by atoms with Gasteiger partial charge in [-0.3, -0.25) is 0 Å². The molecule has 0 radical (unpaired) electrons. The molecule has 0 bridgehead atoms. The number of nitrogens with zero attached hydrogens (tertiary/aromatic N) is 5. The molecular formula is C20H25N5OS. The summed E-state index contributed by atoms with van der Waals surface area (Å²) in [7, 11) is 0. The Hall–Kier alpha value is -1.99. The van der Waals surface area contributed by atoms with E-state index in [0.29, 0.717) is 12.6 Å². The molecule has 5 rings (SSSR count). The van der Waals surface area contributed by atoms with Crippen LogP contribution in [0.25, 0.3) is 10.7 Å². The van der Waals surface area contributed by atoms with Crippen LogP contribution in [0.3, 0.4) is 0 Å². The molecule has 0 spiro atoms. The second-order valence-electron chi connectivity index (χ2n) is 7.53. The molecule has 1 aliphatic carbocycles. The van der Waals surface area contributed by atoms with Gasteiger partial charge < -0.3 is 13.9 Å². The van der Waals surface area contributed by atoms with Crippen LogP contribution in [0.1, 0.15) is 67.8 Å². The molecule has 3 aromatic heterocycles. The highest BCUT2D eigenvalue weighted by Crippen LogP contribution is 2.37. The summed E-state index contributed by atoms with van der Waals surface area (Å²) >= 11 is 1.80. The highest BCUT2D eigenvalue weighted by atomic mass is 32.1. The quantitative estimate of drug-likeness (QED) is 0.646. The zero-order chi connectivity index (χ0) is 18.1. The minimum atomic E-state index is 0.265. The molecular weight excluding hydrogens is 358 g/mol. The fraction of sp³-hybridized carbons (Fsp3) is 0.550. The van der Waals surface area contributed by atoms with Gasteiger partial charge >= 0.3 is 0 Å². The van der Waals surface area contributed by atoms with E-state index < -0.39 is 0 Å². The third kappa shape index (κ3) is 3.46. The van der Waals surface area contributed by atoms with Crippen LogP contribution in [0, 0.1) is 0 Å². The second-order valence-corrected chi connectivity index (χ2v) is 8.64. The molecule has 6 nitrogen and oxygen atoms in total. The Bertz CT molecular complexity index is 886. The molecule has 1 aliphatic heterocycles. The number of thiophene rings is 1. The van der Waals surface area contributed by atoms with Crippen molar-refractivity contribution >= 4 is 11.3 Å². The molecule has 27 heavy (non-hydrogen) atoms. The van der Waals surface area contributed by atoms with Crippen molar-refractivity contribution in [2.24, 2.45) is 0 Å². The molecule has 7 heteroatoms. The fourth-order valence-electron chi connectivity index (χ4n) is 4.31. The molecule has 1 saturated carbocycles. The third-order valence-corrected chi connectivity index (χ3v) is 6.91. The van der Waals surface area contributed by atoms with E-state index in [1.54, 1.807) is 11.3 Å². The van der Waals surface area contributed by atoms with Crippen molar-refractivity contribution in [1.29, 1.82) is 0 Å². The maximum Gasteiger partial charge on any atom is 0.153 e. The monoisotopic (exact) mass is 383 g/mol. The van der Waals surface area contributed by atoms with E-state index in [-0.39, 0.29) is 6.10 Å². The number of imidazole rings is 1. The molecule has 1 saturated heterocycles. The van der Waals surface area contributed by atoms with Crippen molar-refractivity contribution in [1.82, 2.24) is 24.3 Å². The lowest BCUT2D eigenvalue weighted by molar-refractivity contribution is 0.114. The van der Waals surface area contributed by atoms with E-state index in [0.717, 1.165) is 31.1 Å². The minimum absolute atomic E-state index is 0.265. The van der Waals surface area contributed by atoms with E-state index in [1.807, 2.05) is 18.7 Å². The van der Waals surface area contributed by atoms with Crippen LogP contribution in [-0.2, 0) is 11.3 Å². The van der Waals surface area contributed by atoms with Crippen molar-refractivity contribution in [2.75, 3.05) is 6.61 Å². The summed E-state index contributed by atoms with van der Waals surface area (Å²) in [5.41, 5.74) is 0. The van der Waals surface area contributed by atoms with Crippen molar-refractivity contribution in [3.05, 3.63) is 41.6 Å². The maximum absolute atomic E-state index is 5.83. The van der Waals surface area contributed by atoms with Gasteiger partial charge in [0.2, 0.25) is 0 Å². The van der Waals surface area contributed by atoms with Gasteiger partial charge in [-0.05, 0) is 37.8 Å². The fourth-order valence-corrected chi connectivity index (χ4v) is 5.41. The first-order valence-electron chi connectivity index (χ1n) is 10.00. The molecule has 1 atom stereocenters. The van der Waals surface area contributed by atoms with E-state index in [9.17, 15) is 0 Å². The van der Waals surface area contributed by atoms with Gasteiger partial charge in [0.05, 0.1) is 17.5 Å². The molecule has 2 aliphatic rings. The molecule has 3 aromatic rings. The van der Waals surface area contributed by atoms with Crippen LogP contribution in [0.5, 0.6) is 0 Å². The van der Waals surface area contributed by atoms with Gasteiger partial charge in [0.1, 0.15) is 12.2 Å². The first-order chi connectivity index (χ1) is 13.4. The molecule has 0 amide bonds. The van der Waals surface area contributed by atoms with Gasteiger partial charge in [0.25, 0.3) is 0 Å². The van der Waals surface area contributed by atoms with Crippen LogP contribution in [-0.4, -0.2) is 30.9 Å². The lowest BCUT2D eigenvalue weighted by Crippen LogP contribution is -2.16. The average molecular weight is 384 g/mol. The van der Waals surface area contributed by atoms with Crippen LogP contribution in [0.15, 0.2) is 30.9 Å². The summed E-state index contributed by atoms with van der Waals surface area (Å²) < 4.78 is 10.3. The van der Waals surface area contributed by atoms with Gasteiger partial charge in [0.15, 0.2) is 5.82 Å². The maximum atomic E-state index is 5.83. The van der Waals surface area contributed by atoms with E-state index in [1.165, 1.54) is 41.9 Å². The van der Waals surface area contributed by atoms with Crippen LogP contribution in [0.2, 0.25) is 0 Å². The summed E-state index contributed by atoms with van der Waals surface area (Å²) in [4.78, 5) is 7.12. The first-order valence-corrected chi connectivity index (χ1v) is 10.8. The Morgan fingerprint density at radius 1 is 1.11 bits per heavy atom. The number of hydrogen-bond acceptors (Lipinski definition) is 5. The predicted octanol–water partition coefficient (Wildman–Crippen LogP) is 4.61. The lowest BCUT2D eigenvalue weighted by Gasteiger charge is -2.24. The average Bonchev–Trinajstić information content (AvgIpc) is 3.48. The van der Waals surface area contributed by atoms with Gasteiger partial charge in [-0.1, -0.05) is 19.3 Å². The number of aromatic nitrogens is 5. The Labute approximate surface area is 163 Å². The standard InChI is InChI=1S/C20H25N5OS/c1-2-5-15(6-3-1)25-14-22-23-19(25)13-24-11-10-21-20(24)18-9-8-17(27-18)16-7-4-12-26-16/h8-11,14-16H,1-7,12-13H2/t16-/m1/s1.